The Morgan fingerprint density at radius 1 is 1.15 bits per heavy atom. The zero-order valence-electron chi connectivity index (χ0n) is 19.4. The van der Waals surface area contributed by atoms with E-state index in [2.05, 4.69) is 13.8 Å². The summed E-state index contributed by atoms with van der Waals surface area (Å²) in [5.41, 5.74) is 2.01. The van der Waals surface area contributed by atoms with Crippen LogP contribution in [0.25, 0.3) is 0 Å². The summed E-state index contributed by atoms with van der Waals surface area (Å²) in [6.07, 6.45) is 1.27. The number of carbonyl (C=O) groups is 2. The Balaban J connectivity index is 2.00. The molecule has 0 saturated carbocycles. The van der Waals surface area contributed by atoms with Crippen LogP contribution in [0.3, 0.4) is 0 Å². The number of phenolic OH excluding ortho intramolecular Hbond substituents is 1. The molecule has 8 heteroatoms. The number of carbonyl (C=O) groups excluding carboxylic acids is 1. The first-order valence-corrected chi connectivity index (χ1v) is 13.1. The van der Waals surface area contributed by atoms with Crippen LogP contribution in [0.2, 0.25) is 0 Å². The topological polar surface area (TPSA) is 96.3 Å². The van der Waals surface area contributed by atoms with Gasteiger partial charge in [-0.15, -0.1) is 0 Å². The molecule has 1 amide bonds. The third-order valence-electron chi connectivity index (χ3n) is 5.77. The van der Waals surface area contributed by atoms with E-state index < -0.39 is 33.4 Å². The van der Waals surface area contributed by atoms with E-state index >= 15 is 0 Å². The van der Waals surface area contributed by atoms with Gasteiger partial charge in [0.2, 0.25) is 0 Å². The maximum absolute atomic E-state index is 13.4. The predicted octanol–water partition coefficient (Wildman–Crippen LogP) is 0.819. The molecule has 1 heterocycles. The number of nitrogens with zero attached hydrogens (tertiary/aromatic N) is 1. The van der Waals surface area contributed by atoms with Crippen molar-refractivity contribution in [2.75, 3.05) is 20.8 Å². The van der Waals surface area contributed by atoms with Gasteiger partial charge in [0.25, 0.3) is 0 Å². The van der Waals surface area contributed by atoms with Crippen molar-refractivity contribution in [1.82, 2.24) is 3.11 Å². The summed E-state index contributed by atoms with van der Waals surface area (Å²) in [6, 6.07) is 10.4. The summed E-state index contributed by atoms with van der Waals surface area (Å²) in [6.45, 7) is 5.16. The number of amides is 1. The molecule has 2 aromatic rings. The van der Waals surface area contributed by atoms with Crippen molar-refractivity contribution in [3.8, 4) is 17.2 Å². The van der Waals surface area contributed by atoms with E-state index in [-0.39, 0.29) is 24.5 Å². The van der Waals surface area contributed by atoms with Gasteiger partial charge < -0.3 is 0 Å². The Hall–Kier alpha value is -2.49. The number of hydrogen-bond acceptors (Lipinski definition) is 5. The molecule has 33 heavy (non-hydrogen) atoms. The number of aliphatic carboxylic acids is 1. The molecule has 7 nitrogen and oxygen atoms in total. The van der Waals surface area contributed by atoms with Crippen LogP contribution in [0, 0.1) is 5.92 Å². The predicted molar refractivity (Wildman–Crippen MR) is 120 cm³/mol. The van der Waals surface area contributed by atoms with Gasteiger partial charge in [0.15, 0.2) is 0 Å². The molecule has 0 aromatic heterocycles. The van der Waals surface area contributed by atoms with Gasteiger partial charge in [-0.2, -0.15) is 0 Å². The van der Waals surface area contributed by atoms with Gasteiger partial charge in [-0.1, -0.05) is 0 Å². The molecule has 0 radical (unpaired) electrons. The number of benzene rings is 2. The van der Waals surface area contributed by atoms with Gasteiger partial charge >= 0.3 is 206 Å². The van der Waals surface area contributed by atoms with Crippen molar-refractivity contribution in [1.29, 1.82) is 0 Å². The number of hydrogen-bond donors (Lipinski definition) is 2. The van der Waals surface area contributed by atoms with Crippen molar-refractivity contribution in [3.63, 3.8) is 0 Å². The molecule has 3 atom stereocenters. The van der Waals surface area contributed by atoms with E-state index in [0.29, 0.717) is 32.5 Å². The first-order valence-electron chi connectivity index (χ1n) is 10.9. The third kappa shape index (κ3) is 6.31. The van der Waals surface area contributed by atoms with Crippen molar-refractivity contribution in [2.24, 2.45) is 5.92 Å². The molecule has 1 aliphatic heterocycles. The molecule has 0 bridgehead atoms. The molecule has 0 spiro atoms. The van der Waals surface area contributed by atoms with Crippen molar-refractivity contribution in [2.45, 2.75) is 43.0 Å². The van der Waals surface area contributed by atoms with E-state index in [0.717, 1.165) is 18.5 Å². The quantitative estimate of drug-likeness (QED) is 0.278. The average molecular weight is 568 g/mol. The number of methoxy groups -OCH3 is 2. The van der Waals surface area contributed by atoms with Crippen LogP contribution in [0.1, 0.15) is 49.3 Å². The molecule has 1 aliphatic rings. The fraction of sp³-hybridized carbons (Fsp3) is 0.440. The Bertz CT molecular complexity index is 983. The molecular formula is C25H31INO6-. The average Bonchev–Trinajstić information content (AvgIpc) is 2.76. The van der Waals surface area contributed by atoms with Crippen LogP contribution >= 0.6 is 0 Å². The Morgan fingerprint density at radius 3 is 2.42 bits per heavy atom. The number of ether oxygens (including phenoxy) is 2. The van der Waals surface area contributed by atoms with E-state index in [9.17, 15) is 14.7 Å². The summed E-state index contributed by atoms with van der Waals surface area (Å²) < 4.78 is 13.4. The summed E-state index contributed by atoms with van der Waals surface area (Å²) in [5.74, 6) is 0.0747. The number of alkyl halides is 1. The summed E-state index contributed by atoms with van der Waals surface area (Å²) >= 11 is -0.392. The van der Waals surface area contributed by atoms with Gasteiger partial charge in [-0.3, -0.25) is 0 Å². The fourth-order valence-electron chi connectivity index (χ4n) is 4.27. The monoisotopic (exact) mass is 568 g/mol. The van der Waals surface area contributed by atoms with E-state index in [1.165, 1.54) is 20.3 Å². The molecule has 1 fully saturated rings. The Morgan fingerprint density at radius 2 is 1.85 bits per heavy atom. The molecule has 180 valence electrons. The number of aromatic hydroxyl groups is 1. The van der Waals surface area contributed by atoms with Crippen molar-refractivity contribution >= 4 is 11.9 Å². The number of carboxylic acid groups (broad SMARTS) is 1. The zero-order valence-corrected chi connectivity index (χ0v) is 21.5. The van der Waals surface area contributed by atoms with Crippen LogP contribution in [0.15, 0.2) is 36.4 Å². The SMILES string of the molecule is COc1cc(O)c([C@H](CC(=O)N2C[C@H](C)CC(C)[I-]2)c2ccc(CC(=O)O)cc2)c(OC)c1. The second kappa shape index (κ2) is 11.1. The number of carboxylic acids is 1. The number of halogens is 1. The first kappa shape index (κ1) is 25.1. The zero-order chi connectivity index (χ0) is 24.1. The Kier molecular flexibility index (Phi) is 8.45. The van der Waals surface area contributed by atoms with E-state index in [1.54, 1.807) is 18.2 Å². The molecule has 3 rings (SSSR count). The molecular weight excluding hydrogens is 537 g/mol. The Labute approximate surface area is 205 Å². The van der Waals surface area contributed by atoms with Crippen LogP contribution in [-0.4, -0.2) is 49.9 Å². The van der Waals surface area contributed by atoms with Gasteiger partial charge in [-0.25, -0.2) is 0 Å². The van der Waals surface area contributed by atoms with Crippen LogP contribution in [-0.2, 0) is 16.0 Å². The van der Waals surface area contributed by atoms with Gasteiger partial charge in [-0.05, 0) is 0 Å². The minimum absolute atomic E-state index is 0.00584. The summed E-state index contributed by atoms with van der Waals surface area (Å²) in [7, 11) is 3.03. The van der Waals surface area contributed by atoms with Crippen LogP contribution < -0.4 is 31.0 Å². The molecule has 1 unspecified atom stereocenters. The summed E-state index contributed by atoms with van der Waals surface area (Å²) in [4.78, 5) is 24.5. The van der Waals surface area contributed by atoms with E-state index in [4.69, 9.17) is 14.6 Å². The van der Waals surface area contributed by atoms with Gasteiger partial charge in [0.1, 0.15) is 0 Å². The summed E-state index contributed by atoms with van der Waals surface area (Å²) in [5, 5.41) is 20.0. The van der Waals surface area contributed by atoms with Gasteiger partial charge in [0.05, 0.1) is 0 Å². The van der Waals surface area contributed by atoms with Gasteiger partial charge in [0, 0.05) is 0 Å². The number of phenols is 1. The third-order valence-corrected chi connectivity index (χ3v) is 8.83. The van der Waals surface area contributed by atoms with E-state index in [1.807, 2.05) is 15.2 Å². The fourth-order valence-corrected chi connectivity index (χ4v) is 7.92. The first-order chi connectivity index (χ1) is 15.7. The van der Waals surface area contributed by atoms with Crippen LogP contribution in [0.5, 0.6) is 17.2 Å². The standard InChI is InChI=1S/C25H31INO6/c1-15-9-16(2)26-27(14-15)23(29)13-20(18-7-5-17(6-8-18)10-24(30)31)25-21(28)11-19(32-3)12-22(25)33-4/h5-8,11-12,15-16,20,28H,9-10,13-14H2,1-4H3,(H,30,31)/q-1/t15-,16?,20-/m1/s1. The van der Waals surface area contributed by atoms with Crippen molar-refractivity contribution in [3.05, 3.63) is 53.1 Å². The minimum atomic E-state index is -0.902. The van der Waals surface area contributed by atoms with Crippen LogP contribution in [0.4, 0.5) is 0 Å². The molecule has 2 N–H and O–H groups in total. The number of rotatable bonds is 8. The second-order valence-corrected chi connectivity index (χ2v) is 12.3. The second-order valence-electron chi connectivity index (χ2n) is 8.49. The van der Waals surface area contributed by atoms with Crippen molar-refractivity contribution < 1.29 is 50.8 Å². The normalized spacial score (nSPS) is 19.3. The maximum atomic E-state index is 13.4. The molecule has 2 aromatic carbocycles. The molecule has 1 saturated heterocycles. The molecule has 0 aliphatic carbocycles.